The molecule has 23 nitrogen and oxygen atoms in total. The highest BCUT2D eigenvalue weighted by Gasteiger charge is 2.50. The molecule has 0 bridgehead atoms. The van der Waals surface area contributed by atoms with Gasteiger partial charge in [-0.2, -0.15) is 21.3 Å². The summed E-state index contributed by atoms with van der Waals surface area (Å²) in [5.41, 5.74) is 12.7. The van der Waals surface area contributed by atoms with Crippen LogP contribution >= 0.6 is 12.2 Å². The maximum absolute atomic E-state index is 12.8. The van der Waals surface area contributed by atoms with Crippen LogP contribution in [0.4, 0.5) is 0 Å². The zero-order valence-electron chi connectivity index (χ0n) is 81.8. The number of rotatable bonds is 8. The van der Waals surface area contributed by atoms with E-state index in [1.54, 1.807) is 8.61 Å². The average Bonchev–Trinajstić information content (AvgIpc) is 1.71. The van der Waals surface area contributed by atoms with E-state index >= 15 is 0 Å². The van der Waals surface area contributed by atoms with Crippen molar-refractivity contribution in [3.63, 3.8) is 0 Å². The largest absolute Gasteiger partial charge is 0.359 e. The van der Waals surface area contributed by atoms with Crippen molar-refractivity contribution >= 4 is 82.5 Å². The molecule has 6 fully saturated rings. The van der Waals surface area contributed by atoms with Crippen molar-refractivity contribution in [1.29, 1.82) is 0 Å². The Hall–Kier alpha value is -4.90. The fourth-order valence-electron chi connectivity index (χ4n) is 19.3. The predicted octanol–water partition coefficient (Wildman–Crippen LogP) is 16.7. The summed E-state index contributed by atoms with van der Waals surface area (Å²) in [6.07, 6.45) is 5.65. The number of nitrogens with one attached hydrogen (secondary N) is 1. The molecular weight excluding hydrogens is 1570 g/mol. The van der Waals surface area contributed by atoms with E-state index in [4.69, 9.17) is 37.2 Å². The molecule has 11 aliphatic rings. The number of hydrogen-bond donors (Lipinski definition) is 1. The van der Waals surface area contributed by atoms with Gasteiger partial charge < -0.3 is 34.3 Å². The zero-order chi connectivity index (χ0) is 90.9. The second-order valence-electron chi connectivity index (χ2n) is 45.2. The van der Waals surface area contributed by atoms with Gasteiger partial charge in [-0.3, -0.25) is 29.8 Å². The van der Waals surface area contributed by atoms with Crippen LogP contribution in [0.15, 0.2) is 81.3 Å². The Labute approximate surface area is 730 Å². The van der Waals surface area contributed by atoms with E-state index in [-0.39, 0.29) is 95.5 Å². The number of fused-ring (bicyclic) bond motifs is 5. The van der Waals surface area contributed by atoms with Crippen LogP contribution in [-0.4, -0.2) is 259 Å². The minimum Gasteiger partial charge on any atom is -0.359 e. The molecule has 10 aliphatic heterocycles. The number of carbonyl (C=O) groups excluding carboxylic acids is 1. The standard InChI is InChI=1S/C20H35N3S.C19H33N3O2S.C19H33N3O.C17H32N4O2S.C17H31N3O2S/c1-9-10-16(24)22-11-12-23-15(13-22)17(19(3,4)5)14(2)21-18(23)20(6,7)8;1-13-16(18(2,3)4)15-12-21(25(23,24)14-8-9-14)10-11-22(15)17(20-13)19(5,6)7;1-9-15(23)21-10-11-22-14(12-21)16(18(3,4)5)13(2)20-17(22)19(6,7)8;1-12-14(16(2,3)4)13-11-20(24(22,23)18-8)9-10-21(13)15(19-12)17(5,6)7;1-12-14(16(2,3)4)13-11-19(23(8,21)22)9-10-20(13)15(18-12)17(5,6)7/h14H,9-13H2,1-8H3;13-14H,8-12H2,1-7H3;13H,9-12H2,1-8H3;12,18H,9-11H2,1-8H3;12H,9-11H2,1-8H3/t14-;2*13-;2*12-/m00000/s1. The van der Waals surface area contributed by atoms with Gasteiger partial charge in [0.25, 0.3) is 10.2 Å². The van der Waals surface area contributed by atoms with E-state index < -0.39 is 30.3 Å². The molecular formula is C92H164N16O7S4. The number of aliphatic imine (C=N–C) groups is 5. The number of nitrogens with zero attached hydrogens (tertiary/aromatic N) is 15. The summed E-state index contributed by atoms with van der Waals surface area (Å²) in [4.78, 5) is 54.7. The first-order valence-electron chi connectivity index (χ1n) is 44.4. The second kappa shape index (κ2) is 36.2. The molecule has 1 N–H and O–H groups in total. The molecule has 0 unspecified atom stereocenters. The van der Waals surface area contributed by atoms with Crippen molar-refractivity contribution in [1.82, 2.24) is 51.9 Å². The number of amidine groups is 5. The van der Waals surface area contributed by atoms with Crippen LogP contribution in [0.2, 0.25) is 0 Å². The number of piperazine rings is 5. The van der Waals surface area contributed by atoms with Gasteiger partial charge in [-0.25, -0.2) is 21.6 Å². The van der Waals surface area contributed by atoms with Gasteiger partial charge in [-0.05, 0) is 115 Å². The van der Waals surface area contributed by atoms with E-state index in [2.05, 4.69) is 283 Å². The maximum atomic E-state index is 12.8. The van der Waals surface area contributed by atoms with E-state index in [0.717, 1.165) is 110 Å². The van der Waals surface area contributed by atoms with E-state index in [0.29, 0.717) is 65.3 Å². The SMILES string of the molecule is CCC(=O)N1CCN2C(C(C)(C)C)=N[C@@H](C)C(C(C)(C)C)=C2C1.CCCC(=S)N1CCN2C(C(C)(C)C)=N[C@@H](C)C(C(C)(C)C)=C2C1.CNS(=O)(=O)N1CCN2C(C(C)(C)C)=N[C@@H](C)C(C(C)(C)C)=C2C1.C[C@@H]1N=C(C(C)(C)C)N2CCN(S(=O)(=O)C3CC3)CC2=C1C(C)(C)C.C[C@@H]1N=C(C(C)(C)C)N2CCN(S(C)(=O)=O)CC2=C1C(C)(C)C. The van der Waals surface area contributed by atoms with Crippen molar-refractivity contribution < 1.29 is 30.0 Å². The lowest BCUT2D eigenvalue weighted by Gasteiger charge is -2.48. The van der Waals surface area contributed by atoms with Gasteiger partial charge in [0.15, 0.2) is 0 Å². The molecule has 0 aromatic carbocycles. The summed E-state index contributed by atoms with van der Waals surface area (Å²) < 4.78 is 81.5. The van der Waals surface area contributed by atoms with Crippen molar-refractivity contribution in [2.24, 2.45) is 79.1 Å². The number of thiocarbonyl (C=S) groups is 1. The first-order chi connectivity index (χ1) is 53.8. The lowest BCUT2D eigenvalue weighted by molar-refractivity contribution is -0.131. The number of sulfonamides is 2. The van der Waals surface area contributed by atoms with E-state index in [1.165, 1.54) is 62.7 Å². The Morgan fingerprint density at radius 3 is 0.857 bits per heavy atom. The summed E-state index contributed by atoms with van der Waals surface area (Å²) in [7, 11) is -8.29. The van der Waals surface area contributed by atoms with Crippen molar-refractivity contribution in [3.8, 4) is 0 Å². The fraction of sp³-hybridized carbons (Fsp3) is 0.815. The molecule has 0 radical (unpaired) electrons. The molecule has 678 valence electrons. The summed E-state index contributed by atoms with van der Waals surface area (Å²) in [6.45, 7) is 91.5. The molecule has 5 atom stereocenters. The van der Waals surface area contributed by atoms with Crippen molar-refractivity contribution in [2.45, 2.75) is 324 Å². The first-order valence-corrected chi connectivity index (χ1v) is 49.6. The highest BCUT2D eigenvalue weighted by Crippen LogP contribution is 2.48. The summed E-state index contributed by atoms with van der Waals surface area (Å²) in [6, 6.07) is 0.638. The van der Waals surface area contributed by atoms with Crippen LogP contribution in [0.3, 0.4) is 0 Å². The minimum atomic E-state index is -3.43. The third kappa shape index (κ3) is 23.6. The molecule has 0 spiro atoms. The Bertz CT molecular complexity index is 4450. The van der Waals surface area contributed by atoms with Gasteiger partial charge in [0.2, 0.25) is 26.0 Å². The van der Waals surface area contributed by atoms with Crippen LogP contribution in [0.1, 0.15) is 288 Å². The van der Waals surface area contributed by atoms with Crippen LogP contribution in [0.25, 0.3) is 0 Å². The maximum Gasteiger partial charge on any atom is 0.279 e. The van der Waals surface area contributed by atoms with Crippen LogP contribution < -0.4 is 4.72 Å². The molecule has 1 aliphatic carbocycles. The molecule has 1 amide bonds. The molecule has 0 aromatic heterocycles. The first kappa shape index (κ1) is 101. The zero-order valence-corrected chi connectivity index (χ0v) is 85.1. The minimum absolute atomic E-state index is 0.0137. The lowest BCUT2D eigenvalue weighted by Crippen LogP contribution is -2.56. The highest BCUT2D eigenvalue weighted by atomic mass is 32.2. The Balaban J connectivity index is 0.000000205. The third-order valence-corrected chi connectivity index (χ3v) is 29.5. The van der Waals surface area contributed by atoms with Crippen LogP contribution in [0, 0.1) is 54.1 Å². The second-order valence-corrected chi connectivity index (χ2v) is 51.7. The number of hydrogen-bond acceptors (Lipinski definition) is 18. The normalized spacial score (nSPS) is 24.2. The lowest BCUT2D eigenvalue weighted by atomic mass is 9.78. The molecule has 119 heavy (non-hydrogen) atoms. The molecule has 5 saturated heterocycles. The van der Waals surface area contributed by atoms with Crippen molar-refractivity contribution in [3.05, 3.63) is 56.4 Å². The molecule has 27 heteroatoms. The third-order valence-electron chi connectivity index (χ3n) is 23.9. The topological polar surface area (TPSA) is 226 Å². The Kier molecular flexibility index (Phi) is 30.8. The fourth-order valence-corrected chi connectivity index (χ4v) is 23.1. The quantitative estimate of drug-likeness (QED) is 0.223. The molecule has 0 aromatic rings. The van der Waals surface area contributed by atoms with Gasteiger partial charge in [-0.1, -0.05) is 234 Å². The summed E-state index contributed by atoms with van der Waals surface area (Å²) in [5, 5.41) is -0.144. The Morgan fingerprint density at radius 1 is 0.361 bits per heavy atom. The Morgan fingerprint density at radius 2 is 0.605 bits per heavy atom. The monoisotopic (exact) mass is 1730 g/mol. The summed E-state index contributed by atoms with van der Waals surface area (Å²) >= 11 is 5.69. The van der Waals surface area contributed by atoms with Gasteiger partial charge in [0, 0.05) is 134 Å². The van der Waals surface area contributed by atoms with E-state index in [1.807, 2.05) is 11.8 Å². The van der Waals surface area contributed by atoms with Crippen LogP contribution in [0.5, 0.6) is 0 Å². The summed E-state index contributed by atoms with van der Waals surface area (Å²) in [5.74, 6) is 5.86. The molecule has 10 heterocycles. The van der Waals surface area contributed by atoms with Gasteiger partial charge >= 0.3 is 0 Å². The van der Waals surface area contributed by atoms with Crippen molar-refractivity contribution in [2.75, 3.05) is 111 Å². The average molecular weight is 1730 g/mol. The highest BCUT2D eigenvalue weighted by molar-refractivity contribution is 7.90. The predicted molar refractivity (Wildman–Crippen MR) is 503 cm³/mol. The van der Waals surface area contributed by atoms with Gasteiger partial charge in [0.1, 0.15) is 29.2 Å². The smallest absolute Gasteiger partial charge is 0.279 e. The molecule has 11 rings (SSSR count). The van der Waals surface area contributed by atoms with Gasteiger partial charge in [-0.15, -0.1) is 0 Å². The van der Waals surface area contributed by atoms with Gasteiger partial charge in [0.05, 0.1) is 79.4 Å². The van der Waals surface area contributed by atoms with Crippen LogP contribution in [-0.2, 0) is 35.1 Å². The van der Waals surface area contributed by atoms with E-state index in [9.17, 15) is 30.0 Å². The number of carbonyl (C=O) groups is 1. The number of amides is 1. The molecule has 1 saturated carbocycles.